The number of carbonyl (C=O) groups excluding carboxylic acids is 1. The molecule has 2 aromatic rings. The summed E-state index contributed by atoms with van der Waals surface area (Å²) in [5, 5.41) is 14.9. The van der Waals surface area contributed by atoms with E-state index < -0.39 is 6.04 Å². The van der Waals surface area contributed by atoms with Gasteiger partial charge in [-0.2, -0.15) is 0 Å². The minimum Gasteiger partial charge on any atom is -0.508 e. The van der Waals surface area contributed by atoms with Crippen LogP contribution in [-0.2, 0) is 17.6 Å². The van der Waals surface area contributed by atoms with Gasteiger partial charge in [0.2, 0.25) is 5.91 Å². The molecule has 4 N–H and O–H groups in total. The van der Waals surface area contributed by atoms with Crippen LogP contribution in [0.5, 0.6) is 5.75 Å². The molecule has 0 bridgehead atoms. The van der Waals surface area contributed by atoms with Crippen LogP contribution in [0.1, 0.15) is 10.6 Å². The Morgan fingerprint density at radius 2 is 2.15 bits per heavy atom. The van der Waals surface area contributed by atoms with Crippen LogP contribution in [-0.4, -0.2) is 28.6 Å². The maximum Gasteiger partial charge on any atom is 0.237 e. The van der Waals surface area contributed by atoms with E-state index in [0.717, 1.165) is 17.0 Å². The molecule has 0 saturated heterocycles. The highest BCUT2D eigenvalue weighted by Gasteiger charge is 2.13. The summed E-state index contributed by atoms with van der Waals surface area (Å²) in [6.45, 7) is 0.537. The molecular weight excluding hydrogens is 274 g/mol. The van der Waals surface area contributed by atoms with E-state index in [1.54, 1.807) is 41.8 Å². The normalized spacial score (nSPS) is 12.1. The summed E-state index contributed by atoms with van der Waals surface area (Å²) in [6, 6.07) is 6.11. The highest BCUT2D eigenvalue weighted by molar-refractivity contribution is 7.09. The number of nitrogens with zero attached hydrogens (tertiary/aromatic N) is 1. The van der Waals surface area contributed by atoms with Crippen molar-refractivity contribution in [2.75, 3.05) is 6.54 Å². The standard InChI is InChI=1S/C14H17N3O2S/c15-12(9-10-1-3-11(18)4-2-10)14(19)17-6-5-13-16-7-8-20-13/h1-4,7-8,12,18H,5-6,9,15H2,(H,17,19)/t12-/m1/s1. The first-order valence-electron chi connectivity index (χ1n) is 6.34. The number of phenols is 1. The molecule has 1 atom stereocenters. The molecule has 0 unspecified atom stereocenters. The Hall–Kier alpha value is -1.92. The highest BCUT2D eigenvalue weighted by Crippen LogP contribution is 2.11. The summed E-state index contributed by atoms with van der Waals surface area (Å²) < 4.78 is 0. The monoisotopic (exact) mass is 291 g/mol. The van der Waals surface area contributed by atoms with Crippen LogP contribution in [0.2, 0.25) is 0 Å². The van der Waals surface area contributed by atoms with Gasteiger partial charge in [-0.25, -0.2) is 4.98 Å². The molecule has 0 aliphatic heterocycles. The zero-order chi connectivity index (χ0) is 14.4. The maximum atomic E-state index is 11.8. The largest absolute Gasteiger partial charge is 0.508 e. The number of amides is 1. The zero-order valence-corrected chi connectivity index (χ0v) is 11.8. The van der Waals surface area contributed by atoms with E-state index >= 15 is 0 Å². The fourth-order valence-electron chi connectivity index (χ4n) is 1.78. The van der Waals surface area contributed by atoms with E-state index in [-0.39, 0.29) is 11.7 Å². The predicted octanol–water partition coefficient (Wildman–Crippen LogP) is 1.08. The molecule has 2 rings (SSSR count). The van der Waals surface area contributed by atoms with Crippen LogP contribution in [0.4, 0.5) is 0 Å². The van der Waals surface area contributed by atoms with Crippen molar-refractivity contribution in [3.8, 4) is 5.75 Å². The van der Waals surface area contributed by atoms with Crippen molar-refractivity contribution < 1.29 is 9.90 Å². The van der Waals surface area contributed by atoms with Gasteiger partial charge in [0.1, 0.15) is 5.75 Å². The van der Waals surface area contributed by atoms with Gasteiger partial charge in [0, 0.05) is 24.5 Å². The number of benzene rings is 1. The first-order chi connectivity index (χ1) is 9.65. The summed E-state index contributed by atoms with van der Waals surface area (Å²) in [5.74, 6) is 0.0323. The molecule has 0 aliphatic rings. The van der Waals surface area contributed by atoms with Crippen LogP contribution in [0.3, 0.4) is 0 Å². The number of rotatable bonds is 6. The van der Waals surface area contributed by atoms with E-state index in [4.69, 9.17) is 5.73 Å². The molecule has 20 heavy (non-hydrogen) atoms. The Kier molecular flexibility index (Phi) is 5.09. The van der Waals surface area contributed by atoms with Gasteiger partial charge < -0.3 is 16.2 Å². The van der Waals surface area contributed by atoms with E-state index in [1.807, 2.05) is 5.38 Å². The van der Waals surface area contributed by atoms with E-state index in [9.17, 15) is 9.90 Å². The van der Waals surface area contributed by atoms with Crippen molar-refractivity contribution >= 4 is 17.2 Å². The van der Waals surface area contributed by atoms with Crippen LogP contribution in [0, 0.1) is 0 Å². The average Bonchev–Trinajstić information content (AvgIpc) is 2.94. The van der Waals surface area contributed by atoms with E-state index in [2.05, 4.69) is 10.3 Å². The molecule has 1 heterocycles. The average molecular weight is 291 g/mol. The van der Waals surface area contributed by atoms with Crippen molar-refractivity contribution in [1.29, 1.82) is 0 Å². The summed E-state index contributed by atoms with van der Waals surface area (Å²) in [4.78, 5) is 16.0. The lowest BCUT2D eigenvalue weighted by atomic mass is 10.1. The molecule has 0 aliphatic carbocycles. The molecule has 1 aromatic carbocycles. The molecule has 0 saturated carbocycles. The number of nitrogens with one attached hydrogen (secondary N) is 1. The second-order valence-electron chi connectivity index (χ2n) is 4.44. The number of aromatic hydroxyl groups is 1. The van der Waals surface area contributed by atoms with E-state index in [0.29, 0.717) is 13.0 Å². The first-order valence-corrected chi connectivity index (χ1v) is 7.22. The smallest absolute Gasteiger partial charge is 0.237 e. The van der Waals surface area contributed by atoms with Gasteiger partial charge in [-0.15, -0.1) is 11.3 Å². The zero-order valence-electron chi connectivity index (χ0n) is 11.0. The molecule has 106 valence electrons. The van der Waals surface area contributed by atoms with Gasteiger partial charge in [-0.05, 0) is 24.1 Å². The van der Waals surface area contributed by atoms with Crippen LogP contribution in [0.15, 0.2) is 35.8 Å². The Labute approximate surface area is 121 Å². The molecular formula is C14H17N3O2S. The SMILES string of the molecule is N[C@H](Cc1ccc(O)cc1)C(=O)NCCc1nccs1. The Bertz CT molecular complexity index is 540. The third kappa shape index (κ3) is 4.32. The van der Waals surface area contributed by atoms with Gasteiger partial charge in [-0.1, -0.05) is 12.1 Å². The van der Waals surface area contributed by atoms with Gasteiger partial charge in [-0.3, -0.25) is 4.79 Å². The second kappa shape index (κ2) is 7.02. The molecule has 0 spiro atoms. The number of thiazole rings is 1. The van der Waals surface area contributed by atoms with Crippen molar-refractivity contribution in [3.05, 3.63) is 46.4 Å². The van der Waals surface area contributed by atoms with Gasteiger partial charge >= 0.3 is 0 Å². The lowest BCUT2D eigenvalue weighted by molar-refractivity contribution is -0.122. The Morgan fingerprint density at radius 3 is 2.80 bits per heavy atom. The van der Waals surface area contributed by atoms with E-state index in [1.165, 1.54) is 0 Å². The molecule has 0 fully saturated rings. The summed E-state index contributed by atoms with van der Waals surface area (Å²) >= 11 is 1.57. The molecule has 6 heteroatoms. The minimum absolute atomic E-state index is 0.172. The fraction of sp³-hybridized carbons (Fsp3) is 0.286. The fourth-order valence-corrected chi connectivity index (χ4v) is 2.40. The van der Waals surface area contributed by atoms with Gasteiger partial charge in [0.15, 0.2) is 0 Å². The second-order valence-corrected chi connectivity index (χ2v) is 5.42. The third-order valence-electron chi connectivity index (χ3n) is 2.85. The van der Waals surface area contributed by atoms with Crippen molar-refractivity contribution in [3.63, 3.8) is 0 Å². The third-order valence-corrected chi connectivity index (χ3v) is 3.69. The lowest BCUT2D eigenvalue weighted by Gasteiger charge is -2.12. The molecule has 0 radical (unpaired) electrons. The number of carbonyl (C=O) groups is 1. The summed E-state index contributed by atoms with van der Waals surface area (Å²) in [7, 11) is 0. The Balaban J connectivity index is 1.75. The summed E-state index contributed by atoms with van der Waals surface area (Å²) in [6.07, 6.45) is 2.91. The van der Waals surface area contributed by atoms with Gasteiger partial charge in [0.05, 0.1) is 11.0 Å². The molecule has 1 amide bonds. The number of aromatic nitrogens is 1. The van der Waals surface area contributed by atoms with Crippen molar-refractivity contribution in [2.45, 2.75) is 18.9 Å². The highest BCUT2D eigenvalue weighted by atomic mass is 32.1. The van der Waals surface area contributed by atoms with Gasteiger partial charge in [0.25, 0.3) is 0 Å². The van der Waals surface area contributed by atoms with Crippen molar-refractivity contribution in [1.82, 2.24) is 10.3 Å². The minimum atomic E-state index is -0.587. The number of phenolic OH excluding ortho intramolecular Hbond substituents is 1. The van der Waals surface area contributed by atoms with Crippen LogP contribution in [0.25, 0.3) is 0 Å². The molecule has 1 aromatic heterocycles. The first kappa shape index (κ1) is 14.5. The van der Waals surface area contributed by atoms with Crippen molar-refractivity contribution in [2.24, 2.45) is 5.73 Å². The quantitative estimate of drug-likeness (QED) is 0.743. The number of hydrogen-bond acceptors (Lipinski definition) is 5. The van der Waals surface area contributed by atoms with Crippen LogP contribution >= 0.6 is 11.3 Å². The lowest BCUT2D eigenvalue weighted by Crippen LogP contribution is -2.42. The maximum absolute atomic E-state index is 11.8. The number of nitrogens with two attached hydrogens (primary N) is 1. The van der Waals surface area contributed by atoms with Crippen LogP contribution < -0.4 is 11.1 Å². The number of hydrogen-bond donors (Lipinski definition) is 3. The predicted molar refractivity (Wildman–Crippen MR) is 78.6 cm³/mol. The molecule has 5 nitrogen and oxygen atoms in total. The summed E-state index contributed by atoms with van der Waals surface area (Å²) in [5.41, 5.74) is 6.78. The topological polar surface area (TPSA) is 88.2 Å². The Morgan fingerprint density at radius 1 is 1.40 bits per heavy atom.